The van der Waals surface area contributed by atoms with Crippen LogP contribution in [-0.4, -0.2) is 53.6 Å². The molecule has 39 heavy (non-hydrogen) atoms. The Morgan fingerprint density at radius 1 is 0.949 bits per heavy atom. The summed E-state index contributed by atoms with van der Waals surface area (Å²) < 4.78 is 12.5. The highest BCUT2D eigenvalue weighted by molar-refractivity contribution is 6.00. The zero-order valence-electron chi connectivity index (χ0n) is 23.0. The summed E-state index contributed by atoms with van der Waals surface area (Å²) in [5.41, 5.74) is 3.76. The van der Waals surface area contributed by atoms with Gasteiger partial charge in [-0.3, -0.25) is 19.5 Å². The molecule has 0 fully saturated rings. The van der Waals surface area contributed by atoms with Gasteiger partial charge < -0.3 is 14.4 Å². The van der Waals surface area contributed by atoms with Crippen LogP contribution in [0, 0.1) is 12.8 Å². The third kappa shape index (κ3) is 6.65. The van der Waals surface area contributed by atoms with Crippen molar-refractivity contribution < 1.29 is 19.1 Å². The Bertz CT molecular complexity index is 1440. The Morgan fingerprint density at radius 3 is 2.33 bits per heavy atom. The lowest BCUT2D eigenvalue weighted by Crippen LogP contribution is -2.40. The Hall–Kier alpha value is -4.59. The van der Waals surface area contributed by atoms with E-state index >= 15 is 0 Å². The molecule has 202 valence electrons. The Kier molecular flexibility index (Phi) is 8.66. The number of hydrogen-bond acceptors (Lipinski definition) is 5. The Labute approximate surface area is 229 Å². The summed E-state index contributed by atoms with van der Waals surface area (Å²) in [6.45, 7) is 6.28. The van der Waals surface area contributed by atoms with Gasteiger partial charge in [-0.1, -0.05) is 44.2 Å². The van der Waals surface area contributed by atoms with Crippen LogP contribution in [0.15, 0.2) is 79.0 Å². The molecular weight excluding hydrogens is 492 g/mol. The summed E-state index contributed by atoms with van der Waals surface area (Å²) in [5.74, 6) is 1.44. The molecule has 0 aliphatic carbocycles. The molecule has 0 unspecified atom stereocenters. The molecule has 0 spiro atoms. The second kappa shape index (κ2) is 12.3. The summed E-state index contributed by atoms with van der Waals surface area (Å²) in [6.07, 6.45) is 1.86. The normalized spacial score (nSPS) is 10.8. The van der Waals surface area contributed by atoms with Crippen LogP contribution < -0.4 is 14.8 Å². The van der Waals surface area contributed by atoms with Crippen molar-refractivity contribution >= 4 is 17.8 Å². The number of amides is 2. The summed E-state index contributed by atoms with van der Waals surface area (Å²) >= 11 is 0. The topological polar surface area (TPSA) is 85.7 Å². The molecule has 1 heterocycles. The first kappa shape index (κ1) is 27.4. The second-order valence-corrected chi connectivity index (χ2v) is 9.69. The lowest BCUT2D eigenvalue weighted by Gasteiger charge is -2.25. The monoisotopic (exact) mass is 526 g/mol. The SMILES string of the molecule is COc1ccc(-n2cc(-c3cccc(OC)c3)nc2NC(=O)CN(CC(C)C)C(=O)c2ccccc2C)cc1. The number of anilines is 1. The van der Waals surface area contributed by atoms with Crippen molar-refractivity contribution in [3.05, 3.63) is 90.1 Å². The molecule has 0 radical (unpaired) electrons. The van der Waals surface area contributed by atoms with Crippen molar-refractivity contribution in [3.63, 3.8) is 0 Å². The highest BCUT2D eigenvalue weighted by atomic mass is 16.5. The van der Waals surface area contributed by atoms with Crippen molar-refractivity contribution in [1.29, 1.82) is 0 Å². The van der Waals surface area contributed by atoms with Gasteiger partial charge in [0.1, 0.15) is 18.0 Å². The fourth-order valence-electron chi connectivity index (χ4n) is 4.31. The van der Waals surface area contributed by atoms with Gasteiger partial charge in [0.05, 0.1) is 19.9 Å². The molecule has 0 aliphatic rings. The van der Waals surface area contributed by atoms with E-state index in [2.05, 4.69) is 5.32 Å². The van der Waals surface area contributed by atoms with E-state index in [0.717, 1.165) is 22.6 Å². The van der Waals surface area contributed by atoms with Crippen molar-refractivity contribution in [3.8, 4) is 28.4 Å². The van der Waals surface area contributed by atoms with Gasteiger partial charge in [-0.2, -0.15) is 0 Å². The van der Waals surface area contributed by atoms with E-state index in [0.29, 0.717) is 29.5 Å². The van der Waals surface area contributed by atoms with Crippen LogP contribution in [0.4, 0.5) is 5.95 Å². The largest absolute Gasteiger partial charge is 0.497 e. The number of methoxy groups -OCH3 is 2. The minimum atomic E-state index is -0.338. The summed E-state index contributed by atoms with van der Waals surface area (Å²) in [5, 5.41) is 2.94. The number of carbonyl (C=O) groups is 2. The van der Waals surface area contributed by atoms with Crippen LogP contribution >= 0.6 is 0 Å². The minimum Gasteiger partial charge on any atom is -0.497 e. The molecule has 8 nitrogen and oxygen atoms in total. The lowest BCUT2D eigenvalue weighted by molar-refractivity contribution is -0.117. The van der Waals surface area contributed by atoms with Crippen LogP contribution in [-0.2, 0) is 4.79 Å². The predicted molar refractivity (Wildman–Crippen MR) is 153 cm³/mol. The van der Waals surface area contributed by atoms with Gasteiger partial charge in [0, 0.05) is 29.6 Å². The molecule has 4 rings (SSSR count). The van der Waals surface area contributed by atoms with Crippen molar-refractivity contribution in [2.45, 2.75) is 20.8 Å². The van der Waals surface area contributed by atoms with Gasteiger partial charge in [-0.05, 0) is 60.9 Å². The summed E-state index contributed by atoms with van der Waals surface area (Å²) in [4.78, 5) is 33.1. The zero-order chi connectivity index (χ0) is 27.9. The standard InChI is InChI=1S/C31H34N4O4/c1-21(2)18-34(30(37)27-12-7-6-9-22(27)3)20-29(36)33-31-32-28(23-10-8-11-26(17-23)39-5)19-35(31)24-13-15-25(38-4)16-14-24/h6-17,19,21H,18,20H2,1-5H3,(H,32,33,36). The molecule has 2 amide bonds. The molecule has 3 aromatic carbocycles. The van der Waals surface area contributed by atoms with E-state index in [1.165, 1.54) is 0 Å². The predicted octanol–water partition coefficient (Wildman–Crippen LogP) is 5.60. The van der Waals surface area contributed by atoms with E-state index in [4.69, 9.17) is 14.5 Å². The summed E-state index contributed by atoms with van der Waals surface area (Å²) in [6, 6.07) is 22.4. The smallest absolute Gasteiger partial charge is 0.254 e. The second-order valence-electron chi connectivity index (χ2n) is 9.69. The number of carbonyl (C=O) groups excluding carboxylic acids is 2. The molecule has 1 aromatic heterocycles. The highest BCUT2D eigenvalue weighted by Crippen LogP contribution is 2.28. The molecule has 0 atom stereocenters. The number of nitrogens with zero attached hydrogens (tertiary/aromatic N) is 3. The molecular formula is C31H34N4O4. The Morgan fingerprint density at radius 2 is 1.67 bits per heavy atom. The fourth-order valence-corrected chi connectivity index (χ4v) is 4.31. The number of ether oxygens (including phenoxy) is 2. The van der Waals surface area contributed by atoms with Crippen molar-refractivity contribution in [2.75, 3.05) is 32.6 Å². The van der Waals surface area contributed by atoms with E-state index in [1.54, 1.807) is 25.2 Å². The molecule has 0 aliphatic heterocycles. The number of imidazole rings is 1. The highest BCUT2D eigenvalue weighted by Gasteiger charge is 2.22. The number of nitrogens with one attached hydrogen (secondary N) is 1. The number of benzene rings is 3. The first-order valence-electron chi connectivity index (χ1n) is 12.8. The first-order chi connectivity index (χ1) is 18.8. The number of rotatable bonds is 10. The maximum Gasteiger partial charge on any atom is 0.254 e. The molecule has 0 saturated heterocycles. The average molecular weight is 527 g/mol. The third-order valence-corrected chi connectivity index (χ3v) is 6.26. The van der Waals surface area contributed by atoms with Gasteiger partial charge in [0.15, 0.2) is 0 Å². The molecule has 1 N–H and O–H groups in total. The van der Waals surface area contributed by atoms with Crippen LogP contribution in [0.3, 0.4) is 0 Å². The van der Waals surface area contributed by atoms with E-state index in [1.807, 2.05) is 98.3 Å². The van der Waals surface area contributed by atoms with Crippen LogP contribution in [0.2, 0.25) is 0 Å². The van der Waals surface area contributed by atoms with E-state index in [-0.39, 0.29) is 24.3 Å². The van der Waals surface area contributed by atoms with Gasteiger partial charge in [0.2, 0.25) is 11.9 Å². The first-order valence-corrected chi connectivity index (χ1v) is 12.8. The number of hydrogen-bond donors (Lipinski definition) is 1. The lowest BCUT2D eigenvalue weighted by atomic mass is 10.1. The van der Waals surface area contributed by atoms with Gasteiger partial charge in [-0.25, -0.2) is 4.98 Å². The van der Waals surface area contributed by atoms with Crippen molar-refractivity contribution in [1.82, 2.24) is 14.5 Å². The maximum atomic E-state index is 13.4. The van der Waals surface area contributed by atoms with E-state index < -0.39 is 0 Å². The minimum absolute atomic E-state index is 0.102. The van der Waals surface area contributed by atoms with Crippen molar-refractivity contribution in [2.24, 2.45) is 5.92 Å². The zero-order valence-corrected chi connectivity index (χ0v) is 23.0. The third-order valence-electron chi connectivity index (χ3n) is 6.26. The van der Waals surface area contributed by atoms with Crippen LogP contribution in [0.1, 0.15) is 29.8 Å². The number of aryl methyl sites for hydroxylation is 1. The van der Waals surface area contributed by atoms with Gasteiger partial charge >= 0.3 is 0 Å². The van der Waals surface area contributed by atoms with Gasteiger partial charge in [-0.15, -0.1) is 0 Å². The van der Waals surface area contributed by atoms with Crippen LogP contribution in [0.5, 0.6) is 11.5 Å². The van der Waals surface area contributed by atoms with E-state index in [9.17, 15) is 9.59 Å². The van der Waals surface area contributed by atoms with Crippen LogP contribution in [0.25, 0.3) is 16.9 Å². The quantitative estimate of drug-likeness (QED) is 0.291. The molecule has 0 saturated carbocycles. The Balaban J connectivity index is 1.65. The molecule has 0 bridgehead atoms. The average Bonchev–Trinajstić information content (AvgIpc) is 3.36. The number of aromatic nitrogens is 2. The molecule has 8 heteroatoms. The summed E-state index contributed by atoms with van der Waals surface area (Å²) in [7, 11) is 3.22. The maximum absolute atomic E-state index is 13.4. The fraction of sp³-hybridized carbons (Fsp3) is 0.258. The molecule has 4 aromatic rings. The van der Waals surface area contributed by atoms with Gasteiger partial charge in [0.25, 0.3) is 5.91 Å².